The van der Waals surface area contributed by atoms with Gasteiger partial charge in [0.15, 0.2) is 0 Å². The Hall–Kier alpha value is -2.07. The molecule has 0 bridgehead atoms. The number of anilines is 1. The number of ether oxygens (including phenoxy) is 2. The highest BCUT2D eigenvalue weighted by atomic mass is 16.5. The molecular formula is C19H25NO3. The number of nitrogens with one attached hydrogen (secondary N) is 1. The number of hydrogen-bond acceptors (Lipinski definition) is 3. The van der Waals surface area contributed by atoms with Gasteiger partial charge in [0.2, 0.25) is 0 Å². The van der Waals surface area contributed by atoms with E-state index in [0.29, 0.717) is 6.42 Å². The Kier molecular flexibility index (Phi) is 5.61. The summed E-state index contributed by atoms with van der Waals surface area (Å²) in [6.07, 6.45) is 2.67. The molecule has 0 unspecified atom stereocenters. The van der Waals surface area contributed by atoms with Crippen molar-refractivity contribution in [2.75, 3.05) is 19.5 Å². The summed E-state index contributed by atoms with van der Waals surface area (Å²) in [6, 6.07) is 11.6. The Morgan fingerprint density at radius 3 is 2.43 bits per heavy atom. The number of fused-ring (bicyclic) bond motifs is 1. The van der Waals surface area contributed by atoms with Crippen LogP contribution in [0, 0.1) is 0 Å². The number of rotatable bonds is 7. The predicted octanol–water partition coefficient (Wildman–Crippen LogP) is 4.38. The summed E-state index contributed by atoms with van der Waals surface area (Å²) in [4.78, 5) is 12.7. The van der Waals surface area contributed by atoms with Gasteiger partial charge in [-0.1, -0.05) is 44.0 Å². The standard InChI is InChI=1S/C19H25NO3/c1-5-6-13-19(2,23-4)18(21)20-16-11-12-17(22-3)15-10-8-7-9-14(15)16/h7-12H,5-6,13H2,1-4H3,(H,20,21)/t19-/m1/s1. The lowest BCUT2D eigenvalue weighted by molar-refractivity contribution is -0.136. The zero-order chi connectivity index (χ0) is 16.9. The molecule has 0 aliphatic carbocycles. The highest BCUT2D eigenvalue weighted by Gasteiger charge is 2.32. The molecule has 0 aromatic heterocycles. The lowest BCUT2D eigenvalue weighted by Gasteiger charge is -2.27. The Morgan fingerprint density at radius 2 is 1.83 bits per heavy atom. The monoisotopic (exact) mass is 315 g/mol. The van der Waals surface area contributed by atoms with E-state index in [9.17, 15) is 4.79 Å². The number of amides is 1. The van der Waals surface area contributed by atoms with Crippen molar-refractivity contribution >= 4 is 22.4 Å². The van der Waals surface area contributed by atoms with Crippen LogP contribution in [0.4, 0.5) is 5.69 Å². The molecule has 124 valence electrons. The Bertz CT molecular complexity index is 683. The van der Waals surface area contributed by atoms with E-state index in [0.717, 1.165) is 35.1 Å². The van der Waals surface area contributed by atoms with Gasteiger partial charge in [-0.25, -0.2) is 0 Å². The zero-order valence-corrected chi connectivity index (χ0v) is 14.3. The Balaban J connectivity index is 2.33. The second-order valence-electron chi connectivity index (χ2n) is 5.85. The van der Waals surface area contributed by atoms with E-state index in [4.69, 9.17) is 9.47 Å². The van der Waals surface area contributed by atoms with Crippen molar-refractivity contribution in [3.05, 3.63) is 36.4 Å². The molecule has 1 amide bonds. The average Bonchev–Trinajstić information content (AvgIpc) is 2.59. The molecule has 23 heavy (non-hydrogen) atoms. The molecule has 1 N–H and O–H groups in total. The molecule has 2 aromatic carbocycles. The van der Waals surface area contributed by atoms with Crippen LogP contribution in [0.2, 0.25) is 0 Å². The predicted molar refractivity (Wildman–Crippen MR) is 94.1 cm³/mol. The molecule has 0 saturated carbocycles. The van der Waals surface area contributed by atoms with Gasteiger partial charge in [0, 0.05) is 23.6 Å². The average molecular weight is 315 g/mol. The molecule has 2 rings (SSSR count). The number of unbranched alkanes of at least 4 members (excludes halogenated alkanes) is 1. The van der Waals surface area contributed by atoms with Crippen molar-refractivity contribution in [2.45, 2.75) is 38.7 Å². The fraction of sp³-hybridized carbons (Fsp3) is 0.421. The fourth-order valence-corrected chi connectivity index (χ4v) is 2.64. The summed E-state index contributed by atoms with van der Waals surface area (Å²) in [5.41, 5.74) is -0.0528. The third-order valence-electron chi connectivity index (χ3n) is 4.29. The number of methoxy groups -OCH3 is 2. The van der Waals surface area contributed by atoms with Crippen molar-refractivity contribution in [1.82, 2.24) is 0 Å². The largest absolute Gasteiger partial charge is 0.496 e. The third kappa shape index (κ3) is 3.64. The van der Waals surface area contributed by atoms with Crippen LogP contribution in [0.25, 0.3) is 10.8 Å². The van der Waals surface area contributed by atoms with Gasteiger partial charge in [-0.3, -0.25) is 4.79 Å². The Morgan fingerprint density at radius 1 is 1.13 bits per heavy atom. The number of carbonyl (C=O) groups excluding carboxylic acids is 1. The normalized spacial score (nSPS) is 13.6. The lowest BCUT2D eigenvalue weighted by Crippen LogP contribution is -2.42. The smallest absolute Gasteiger partial charge is 0.256 e. The van der Waals surface area contributed by atoms with E-state index in [1.807, 2.05) is 43.3 Å². The molecule has 0 fully saturated rings. The number of carbonyl (C=O) groups is 1. The van der Waals surface area contributed by atoms with Crippen LogP contribution in [0.1, 0.15) is 33.1 Å². The summed E-state index contributed by atoms with van der Waals surface area (Å²) in [5, 5.41) is 4.94. The molecule has 0 spiro atoms. The van der Waals surface area contributed by atoms with Gasteiger partial charge in [0.05, 0.1) is 7.11 Å². The lowest BCUT2D eigenvalue weighted by atomic mass is 9.97. The minimum atomic E-state index is -0.822. The first-order chi connectivity index (χ1) is 11.1. The van der Waals surface area contributed by atoms with Crippen molar-refractivity contribution in [3.63, 3.8) is 0 Å². The van der Waals surface area contributed by atoms with E-state index in [1.54, 1.807) is 14.2 Å². The van der Waals surface area contributed by atoms with E-state index in [1.165, 1.54) is 0 Å². The second kappa shape index (κ2) is 7.47. The summed E-state index contributed by atoms with van der Waals surface area (Å²) in [7, 11) is 3.23. The van der Waals surface area contributed by atoms with Crippen LogP contribution in [-0.4, -0.2) is 25.7 Å². The maximum Gasteiger partial charge on any atom is 0.256 e. The van der Waals surface area contributed by atoms with E-state index >= 15 is 0 Å². The first kappa shape index (κ1) is 17.3. The molecular weight excluding hydrogens is 290 g/mol. The van der Waals surface area contributed by atoms with Gasteiger partial charge in [0.25, 0.3) is 5.91 Å². The van der Waals surface area contributed by atoms with Gasteiger partial charge in [0.1, 0.15) is 11.4 Å². The highest BCUT2D eigenvalue weighted by molar-refractivity contribution is 6.06. The number of benzene rings is 2. The van der Waals surface area contributed by atoms with E-state index in [2.05, 4.69) is 12.2 Å². The molecule has 0 heterocycles. The Labute approximate surface area is 137 Å². The van der Waals surface area contributed by atoms with Crippen molar-refractivity contribution in [2.24, 2.45) is 0 Å². The second-order valence-corrected chi connectivity index (χ2v) is 5.85. The molecule has 2 aromatic rings. The minimum absolute atomic E-state index is 0.122. The van der Waals surface area contributed by atoms with Gasteiger partial charge < -0.3 is 14.8 Å². The summed E-state index contributed by atoms with van der Waals surface area (Å²) in [6.45, 7) is 3.94. The van der Waals surface area contributed by atoms with Crippen molar-refractivity contribution in [3.8, 4) is 5.75 Å². The maximum absolute atomic E-state index is 12.7. The van der Waals surface area contributed by atoms with Crippen LogP contribution in [0.5, 0.6) is 5.75 Å². The van der Waals surface area contributed by atoms with Crippen LogP contribution < -0.4 is 10.1 Å². The molecule has 0 saturated heterocycles. The fourth-order valence-electron chi connectivity index (χ4n) is 2.64. The van der Waals surface area contributed by atoms with Gasteiger partial charge >= 0.3 is 0 Å². The molecule has 0 radical (unpaired) electrons. The van der Waals surface area contributed by atoms with Crippen LogP contribution in [0.3, 0.4) is 0 Å². The first-order valence-electron chi connectivity index (χ1n) is 7.98. The quantitative estimate of drug-likeness (QED) is 0.824. The van der Waals surface area contributed by atoms with E-state index < -0.39 is 5.60 Å². The van der Waals surface area contributed by atoms with E-state index in [-0.39, 0.29) is 5.91 Å². The molecule has 0 aliphatic heterocycles. The SMILES string of the molecule is CCCC[C@@](C)(OC)C(=O)Nc1ccc(OC)c2ccccc12. The topological polar surface area (TPSA) is 47.6 Å². The van der Waals surface area contributed by atoms with Gasteiger partial charge in [-0.2, -0.15) is 0 Å². The maximum atomic E-state index is 12.7. The van der Waals surface area contributed by atoms with Gasteiger partial charge in [-0.05, 0) is 25.5 Å². The van der Waals surface area contributed by atoms with Crippen LogP contribution in [0.15, 0.2) is 36.4 Å². The van der Waals surface area contributed by atoms with Crippen LogP contribution >= 0.6 is 0 Å². The molecule has 4 heteroatoms. The number of hydrogen-bond donors (Lipinski definition) is 1. The summed E-state index contributed by atoms with van der Waals surface area (Å²) < 4.78 is 10.9. The van der Waals surface area contributed by atoms with Crippen molar-refractivity contribution < 1.29 is 14.3 Å². The van der Waals surface area contributed by atoms with Crippen molar-refractivity contribution in [1.29, 1.82) is 0 Å². The summed E-state index contributed by atoms with van der Waals surface area (Å²) in [5.74, 6) is 0.669. The molecule has 4 nitrogen and oxygen atoms in total. The minimum Gasteiger partial charge on any atom is -0.496 e. The van der Waals surface area contributed by atoms with Crippen LogP contribution in [-0.2, 0) is 9.53 Å². The van der Waals surface area contributed by atoms with Gasteiger partial charge in [-0.15, -0.1) is 0 Å². The zero-order valence-electron chi connectivity index (χ0n) is 14.3. The summed E-state index contributed by atoms with van der Waals surface area (Å²) >= 11 is 0. The molecule has 1 atom stereocenters. The first-order valence-corrected chi connectivity index (χ1v) is 7.98. The third-order valence-corrected chi connectivity index (χ3v) is 4.29. The highest BCUT2D eigenvalue weighted by Crippen LogP contribution is 2.32. The molecule has 0 aliphatic rings.